The van der Waals surface area contributed by atoms with Crippen LogP contribution < -0.4 is 11.1 Å². The highest BCUT2D eigenvalue weighted by Crippen LogP contribution is 2.32. The molecule has 4 N–H and O–H groups in total. The highest BCUT2D eigenvalue weighted by atomic mass is 16.6. The molecule has 2 fully saturated rings. The van der Waals surface area contributed by atoms with Crippen LogP contribution in [0.3, 0.4) is 0 Å². The molecule has 69 heavy (non-hydrogen) atoms. The Labute approximate surface area is 403 Å². The molecule has 0 bridgehead atoms. The number of nitrogens with one attached hydrogen (secondary N) is 1. The third kappa shape index (κ3) is 14.0. The van der Waals surface area contributed by atoms with E-state index in [9.17, 15) is 9.90 Å². The fraction of sp³-hybridized carbons (Fsp3) is 0.321. The molecule has 0 aliphatic carbocycles. The second-order valence-electron chi connectivity index (χ2n) is 17.2. The molecular weight excluding hydrogens is 877 g/mol. The van der Waals surface area contributed by atoms with Gasteiger partial charge in [0.25, 0.3) is 5.91 Å². The Morgan fingerprint density at radius 3 is 1.10 bits per heavy atom. The minimum atomic E-state index is -1.60. The van der Waals surface area contributed by atoms with E-state index in [1.807, 2.05) is 182 Å². The van der Waals surface area contributed by atoms with Crippen LogP contribution in [0.1, 0.15) is 33.4 Å². The van der Waals surface area contributed by atoms with Crippen LogP contribution in [0.15, 0.2) is 182 Å². The molecule has 0 saturated carbocycles. The van der Waals surface area contributed by atoms with Gasteiger partial charge in [0.1, 0.15) is 36.6 Å². The van der Waals surface area contributed by atoms with Gasteiger partial charge in [-0.15, -0.1) is 0 Å². The minimum absolute atomic E-state index is 0.0171. The lowest BCUT2D eigenvalue weighted by molar-refractivity contribution is -0.239. The fourth-order valence-electron chi connectivity index (χ4n) is 8.63. The number of nitrogens with two attached hydrogens (primary N) is 1. The van der Waals surface area contributed by atoms with E-state index in [0.717, 1.165) is 33.4 Å². The molecule has 0 spiro atoms. The highest BCUT2D eigenvalue weighted by molar-refractivity contribution is 5.84. The smallest absolute Gasteiger partial charge is 0.335 e. The lowest BCUT2D eigenvalue weighted by atomic mass is 9.89. The Morgan fingerprint density at radius 1 is 0.435 bits per heavy atom. The van der Waals surface area contributed by atoms with Crippen molar-refractivity contribution in [3.63, 3.8) is 0 Å². The van der Waals surface area contributed by atoms with E-state index in [1.54, 1.807) is 0 Å². The first kappa shape index (κ1) is 49.3. The van der Waals surface area contributed by atoms with Crippen LogP contribution in [-0.4, -0.2) is 91.1 Å². The minimum Gasteiger partial charge on any atom is -0.479 e. The van der Waals surface area contributed by atoms with Crippen molar-refractivity contribution >= 4 is 11.9 Å². The van der Waals surface area contributed by atoms with Crippen LogP contribution in [-0.2, 0) is 87.1 Å². The van der Waals surface area contributed by atoms with Gasteiger partial charge in [0, 0.05) is 0 Å². The Hall–Kier alpha value is -6.10. The average Bonchev–Trinajstić information content (AvgIpc) is 3.39. The molecule has 1 amide bonds. The maximum absolute atomic E-state index is 15.1. The third-order valence-electron chi connectivity index (χ3n) is 12.2. The van der Waals surface area contributed by atoms with Crippen LogP contribution in [0.5, 0.6) is 0 Å². The Balaban J connectivity index is 1.10. The Morgan fingerprint density at radius 2 is 0.739 bits per heavy atom. The summed E-state index contributed by atoms with van der Waals surface area (Å²) in [5, 5.41) is 13.9. The van der Waals surface area contributed by atoms with Crippen LogP contribution in [0.2, 0.25) is 0 Å². The summed E-state index contributed by atoms with van der Waals surface area (Å²) >= 11 is 0. The van der Waals surface area contributed by atoms with E-state index in [0.29, 0.717) is 0 Å². The predicted octanol–water partition coefficient (Wildman–Crippen LogP) is 7.19. The summed E-state index contributed by atoms with van der Waals surface area (Å²) in [6.45, 7) is 1.08. The molecule has 360 valence electrons. The summed E-state index contributed by atoms with van der Waals surface area (Å²) < 4.78 is 52.3. The first-order chi connectivity index (χ1) is 33.9. The molecule has 3 unspecified atom stereocenters. The summed E-state index contributed by atoms with van der Waals surface area (Å²) in [6, 6.07) is 55.4. The Bertz CT molecular complexity index is 2420. The summed E-state index contributed by atoms with van der Waals surface area (Å²) in [5.74, 6) is -2.01. The molecule has 10 atom stereocenters. The van der Waals surface area contributed by atoms with Gasteiger partial charge in [-0.3, -0.25) is 4.79 Å². The summed E-state index contributed by atoms with van der Waals surface area (Å²) in [5.41, 5.74) is 12.5. The number of benzene rings is 6. The van der Waals surface area contributed by atoms with Crippen molar-refractivity contribution in [1.82, 2.24) is 5.32 Å². The van der Waals surface area contributed by atoms with E-state index >= 15 is 4.79 Å². The number of ether oxygens (including phenoxy) is 8. The van der Waals surface area contributed by atoms with E-state index in [-0.39, 0.29) is 52.9 Å². The van der Waals surface area contributed by atoms with E-state index in [4.69, 9.17) is 43.6 Å². The molecule has 2 aliphatic rings. The van der Waals surface area contributed by atoms with Gasteiger partial charge in [-0.05, 0) is 33.4 Å². The van der Waals surface area contributed by atoms with Crippen LogP contribution >= 0.6 is 0 Å². The van der Waals surface area contributed by atoms with Gasteiger partial charge in [0.15, 0.2) is 12.2 Å². The summed E-state index contributed by atoms with van der Waals surface area (Å²) in [4.78, 5) is 28.5. The number of carboxylic acids is 1. The maximum Gasteiger partial charge on any atom is 0.335 e. The zero-order valence-corrected chi connectivity index (χ0v) is 38.4. The first-order valence-electron chi connectivity index (χ1n) is 23.3. The number of hydrogen-bond acceptors (Lipinski definition) is 11. The van der Waals surface area contributed by atoms with Gasteiger partial charge in [0.05, 0.1) is 64.9 Å². The van der Waals surface area contributed by atoms with Crippen molar-refractivity contribution in [3.8, 4) is 0 Å². The third-order valence-corrected chi connectivity index (χ3v) is 12.2. The molecule has 0 aromatic heterocycles. The lowest BCUT2D eigenvalue weighted by Crippen LogP contribution is -2.71. The second-order valence-corrected chi connectivity index (χ2v) is 17.2. The largest absolute Gasteiger partial charge is 0.479 e. The van der Waals surface area contributed by atoms with Crippen molar-refractivity contribution in [2.24, 2.45) is 5.73 Å². The number of rotatable bonds is 23. The number of amides is 1. The van der Waals surface area contributed by atoms with Crippen LogP contribution in [0.4, 0.5) is 0 Å². The zero-order valence-electron chi connectivity index (χ0n) is 38.4. The summed E-state index contributed by atoms with van der Waals surface area (Å²) in [6.07, 6.45) is -8.43. The van der Waals surface area contributed by atoms with Gasteiger partial charge >= 0.3 is 5.97 Å². The molecule has 2 heterocycles. The summed E-state index contributed by atoms with van der Waals surface area (Å²) in [7, 11) is 0. The van der Waals surface area contributed by atoms with Crippen molar-refractivity contribution < 1.29 is 52.6 Å². The van der Waals surface area contributed by atoms with Gasteiger partial charge in [-0.25, -0.2) is 4.79 Å². The quantitative estimate of drug-likeness (QED) is 0.0593. The molecular formula is C56H60N2O11. The molecule has 0 radical (unpaired) electrons. The molecule has 2 saturated heterocycles. The average molecular weight is 937 g/mol. The standard InChI is InChI=1S/C56H60N2O11/c57-47-51(66-35-43-27-15-5-16-28-43)49(64-33-41-23-11-3-12-24-41)45(37-62-31-39-19-7-1-8-20-39)68-52(47)55(59)58-48-53(67-36-44-29-17-6-18-30-44)50(65-34-42-25-13-4-14-26-42)46(69-54(48)56(60)61)38-63-32-40-21-9-2-10-22-40/h1-30,45-54H,31-38,57H2,(H,58,59)(H,60,61)/t45?,46-,47-,48?,49-,50-,51-,52?,53-,54-/m1/s1. The molecule has 8 rings (SSSR count). The van der Waals surface area contributed by atoms with Crippen LogP contribution in [0, 0.1) is 0 Å². The second kappa shape index (κ2) is 25.5. The number of carboxylic acid groups (broad SMARTS) is 1. The molecule has 2 aliphatic heterocycles. The first-order valence-corrected chi connectivity index (χ1v) is 23.3. The fourth-order valence-corrected chi connectivity index (χ4v) is 8.63. The van der Waals surface area contributed by atoms with Gasteiger partial charge < -0.3 is 54.1 Å². The number of carbonyl (C=O) groups excluding carboxylic acids is 1. The van der Waals surface area contributed by atoms with Crippen molar-refractivity contribution in [3.05, 3.63) is 215 Å². The molecule has 13 nitrogen and oxygen atoms in total. The lowest BCUT2D eigenvalue weighted by Gasteiger charge is -2.47. The SMILES string of the molecule is N[C@H]1C(C(=O)NC2[C@@H](OCc3ccccc3)[C@H](OCc3ccccc3)[C@@H](COCc3ccccc3)O[C@H]2C(=O)O)OC(COCc2ccccc2)[C@@H](OCc2ccccc2)[C@@H]1OCc1ccccc1. The number of carbonyl (C=O) groups is 2. The number of hydrogen-bond donors (Lipinski definition) is 3. The van der Waals surface area contributed by atoms with Gasteiger partial charge in [-0.2, -0.15) is 0 Å². The monoisotopic (exact) mass is 936 g/mol. The van der Waals surface area contributed by atoms with Crippen molar-refractivity contribution in [1.29, 1.82) is 0 Å². The highest BCUT2D eigenvalue weighted by Gasteiger charge is 2.54. The molecule has 6 aromatic rings. The van der Waals surface area contributed by atoms with Gasteiger partial charge in [-0.1, -0.05) is 182 Å². The van der Waals surface area contributed by atoms with E-state index in [2.05, 4.69) is 5.32 Å². The van der Waals surface area contributed by atoms with Crippen molar-refractivity contribution in [2.75, 3.05) is 13.2 Å². The molecule has 6 aromatic carbocycles. The zero-order chi connectivity index (χ0) is 47.6. The predicted molar refractivity (Wildman–Crippen MR) is 257 cm³/mol. The molecule has 13 heteroatoms. The van der Waals surface area contributed by atoms with E-state index < -0.39 is 72.8 Å². The van der Waals surface area contributed by atoms with E-state index in [1.165, 1.54) is 0 Å². The Kier molecular flexibility index (Phi) is 18.2. The van der Waals surface area contributed by atoms with Crippen LogP contribution in [0.25, 0.3) is 0 Å². The maximum atomic E-state index is 15.1. The number of aliphatic carboxylic acids is 1. The topological polar surface area (TPSA) is 166 Å². The van der Waals surface area contributed by atoms with Gasteiger partial charge in [0.2, 0.25) is 0 Å². The van der Waals surface area contributed by atoms with Crippen molar-refractivity contribution in [2.45, 2.75) is 101 Å². The normalized spacial score (nSPS) is 24.6.